The second kappa shape index (κ2) is 6.73. The number of amides is 1. The minimum atomic E-state index is -0.200. The van der Waals surface area contributed by atoms with Gasteiger partial charge in [0.25, 0.3) is 0 Å². The van der Waals surface area contributed by atoms with Crippen molar-refractivity contribution >= 4 is 45.2 Å². The molecule has 0 radical (unpaired) electrons. The van der Waals surface area contributed by atoms with Gasteiger partial charge in [-0.2, -0.15) is 0 Å². The number of hydrogen-bond donors (Lipinski definition) is 1. The fourth-order valence-corrected chi connectivity index (χ4v) is 2.46. The number of halogens is 2. The molecule has 0 fully saturated rings. The second-order valence-electron chi connectivity index (χ2n) is 4.33. The molecule has 0 aromatic heterocycles. The number of aryl methyl sites for hydroxylation is 1. The lowest BCUT2D eigenvalue weighted by molar-refractivity contribution is -0.111. The maximum absolute atomic E-state index is 11.9. The smallest absolute Gasteiger partial charge is 0.248 e. The molecule has 0 saturated heterocycles. The Kier molecular flexibility index (Phi) is 4.99. The molecule has 1 amide bonds. The van der Waals surface area contributed by atoms with Gasteiger partial charge in [0.2, 0.25) is 5.91 Å². The standard InChI is InChI=1S/C16H13BrClNO/c1-11-6-8-15(13(17)10-11)19-16(20)9-7-12-4-2-3-5-14(12)18/h2-10H,1H3,(H,19,20). The molecule has 2 aromatic carbocycles. The van der Waals surface area contributed by atoms with Crippen molar-refractivity contribution in [3.63, 3.8) is 0 Å². The highest BCUT2D eigenvalue weighted by Crippen LogP contribution is 2.23. The molecule has 0 bridgehead atoms. The Hall–Kier alpha value is -1.58. The van der Waals surface area contributed by atoms with Crippen molar-refractivity contribution in [3.05, 3.63) is 69.2 Å². The van der Waals surface area contributed by atoms with Crippen LogP contribution in [0.15, 0.2) is 53.0 Å². The van der Waals surface area contributed by atoms with E-state index in [0.717, 1.165) is 21.3 Å². The zero-order chi connectivity index (χ0) is 14.5. The van der Waals surface area contributed by atoms with Crippen molar-refractivity contribution in [1.29, 1.82) is 0 Å². The van der Waals surface area contributed by atoms with Gasteiger partial charge in [0.15, 0.2) is 0 Å². The summed E-state index contributed by atoms with van der Waals surface area (Å²) in [5.74, 6) is -0.200. The van der Waals surface area contributed by atoms with Gasteiger partial charge in [-0.25, -0.2) is 0 Å². The van der Waals surface area contributed by atoms with E-state index in [2.05, 4.69) is 21.2 Å². The minimum Gasteiger partial charge on any atom is -0.321 e. The van der Waals surface area contributed by atoms with Crippen molar-refractivity contribution < 1.29 is 4.79 Å². The summed E-state index contributed by atoms with van der Waals surface area (Å²) in [6.07, 6.45) is 3.16. The van der Waals surface area contributed by atoms with E-state index in [1.165, 1.54) is 6.08 Å². The lowest BCUT2D eigenvalue weighted by atomic mass is 10.2. The van der Waals surface area contributed by atoms with Crippen LogP contribution in [0.3, 0.4) is 0 Å². The van der Waals surface area contributed by atoms with Crippen LogP contribution in [0, 0.1) is 6.92 Å². The summed E-state index contributed by atoms with van der Waals surface area (Å²) in [5, 5.41) is 3.43. The molecule has 0 atom stereocenters. The molecule has 20 heavy (non-hydrogen) atoms. The van der Waals surface area contributed by atoms with Crippen molar-refractivity contribution in [3.8, 4) is 0 Å². The minimum absolute atomic E-state index is 0.200. The Labute approximate surface area is 131 Å². The number of benzene rings is 2. The van der Waals surface area contributed by atoms with Gasteiger partial charge in [-0.15, -0.1) is 0 Å². The number of hydrogen-bond acceptors (Lipinski definition) is 1. The van der Waals surface area contributed by atoms with Crippen molar-refractivity contribution in [2.75, 3.05) is 5.32 Å². The number of nitrogens with one attached hydrogen (secondary N) is 1. The summed E-state index contributed by atoms with van der Waals surface area (Å²) in [5.41, 5.74) is 2.68. The number of anilines is 1. The van der Waals surface area contributed by atoms with Gasteiger partial charge in [-0.3, -0.25) is 4.79 Å². The van der Waals surface area contributed by atoms with Crippen LogP contribution in [0.2, 0.25) is 5.02 Å². The molecule has 4 heteroatoms. The normalized spacial score (nSPS) is 10.8. The van der Waals surface area contributed by atoms with E-state index in [1.807, 2.05) is 43.3 Å². The van der Waals surface area contributed by atoms with E-state index in [4.69, 9.17) is 11.6 Å². The molecular formula is C16H13BrClNO. The quantitative estimate of drug-likeness (QED) is 0.770. The topological polar surface area (TPSA) is 29.1 Å². The summed E-state index contributed by atoms with van der Waals surface area (Å²) in [6.45, 7) is 1.99. The monoisotopic (exact) mass is 349 g/mol. The molecular weight excluding hydrogens is 338 g/mol. The largest absolute Gasteiger partial charge is 0.321 e. The van der Waals surface area contributed by atoms with Crippen LogP contribution in [0.25, 0.3) is 6.08 Å². The first-order valence-electron chi connectivity index (χ1n) is 6.06. The van der Waals surface area contributed by atoms with E-state index in [-0.39, 0.29) is 5.91 Å². The van der Waals surface area contributed by atoms with Crippen LogP contribution >= 0.6 is 27.5 Å². The molecule has 0 aliphatic carbocycles. The first-order chi connectivity index (χ1) is 9.56. The first-order valence-corrected chi connectivity index (χ1v) is 7.23. The van der Waals surface area contributed by atoms with Crippen LogP contribution in [-0.4, -0.2) is 5.91 Å². The average Bonchev–Trinajstić information content (AvgIpc) is 2.41. The maximum Gasteiger partial charge on any atom is 0.248 e. The predicted octanol–water partition coefficient (Wildman–Crippen LogP) is 5.06. The second-order valence-corrected chi connectivity index (χ2v) is 5.59. The highest BCUT2D eigenvalue weighted by Gasteiger charge is 2.03. The van der Waals surface area contributed by atoms with E-state index in [0.29, 0.717) is 5.02 Å². The van der Waals surface area contributed by atoms with Crippen LogP contribution in [0.4, 0.5) is 5.69 Å². The summed E-state index contributed by atoms with van der Waals surface area (Å²) >= 11 is 9.44. The molecule has 1 N–H and O–H groups in total. The summed E-state index contributed by atoms with van der Waals surface area (Å²) < 4.78 is 0.858. The Bertz CT molecular complexity index is 667. The fourth-order valence-electron chi connectivity index (χ4n) is 1.67. The zero-order valence-corrected chi connectivity index (χ0v) is 13.2. The van der Waals surface area contributed by atoms with Gasteiger partial charge >= 0.3 is 0 Å². The zero-order valence-electron chi connectivity index (χ0n) is 10.9. The summed E-state index contributed by atoms with van der Waals surface area (Å²) in [6, 6.07) is 13.1. The number of carbonyl (C=O) groups excluding carboxylic acids is 1. The van der Waals surface area contributed by atoms with E-state index in [1.54, 1.807) is 12.1 Å². The fraction of sp³-hybridized carbons (Fsp3) is 0.0625. The summed E-state index contributed by atoms with van der Waals surface area (Å²) in [7, 11) is 0. The molecule has 2 aromatic rings. The molecule has 0 saturated carbocycles. The molecule has 2 nitrogen and oxygen atoms in total. The molecule has 0 heterocycles. The van der Waals surface area contributed by atoms with Gasteiger partial charge in [0.1, 0.15) is 0 Å². The molecule has 0 spiro atoms. The third-order valence-corrected chi connectivity index (χ3v) is 3.70. The van der Waals surface area contributed by atoms with Crippen molar-refractivity contribution in [2.45, 2.75) is 6.92 Å². The Morgan fingerprint density at radius 3 is 2.70 bits per heavy atom. The van der Waals surface area contributed by atoms with Gasteiger partial charge in [-0.1, -0.05) is 35.9 Å². The third kappa shape index (κ3) is 3.95. The van der Waals surface area contributed by atoms with Crippen molar-refractivity contribution in [2.24, 2.45) is 0 Å². The third-order valence-electron chi connectivity index (χ3n) is 2.70. The maximum atomic E-state index is 11.9. The summed E-state index contributed by atoms with van der Waals surface area (Å²) in [4.78, 5) is 11.9. The first kappa shape index (κ1) is 14.8. The molecule has 102 valence electrons. The molecule has 0 aliphatic rings. The van der Waals surface area contributed by atoms with Crippen LogP contribution < -0.4 is 5.32 Å². The van der Waals surface area contributed by atoms with E-state index in [9.17, 15) is 4.79 Å². The number of carbonyl (C=O) groups is 1. The van der Waals surface area contributed by atoms with Gasteiger partial charge in [0, 0.05) is 15.6 Å². The van der Waals surface area contributed by atoms with E-state index >= 15 is 0 Å². The Morgan fingerprint density at radius 2 is 2.00 bits per heavy atom. The van der Waals surface area contributed by atoms with E-state index < -0.39 is 0 Å². The Morgan fingerprint density at radius 1 is 1.25 bits per heavy atom. The van der Waals surface area contributed by atoms with Crippen LogP contribution in [0.1, 0.15) is 11.1 Å². The highest BCUT2D eigenvalue weighted by atomic mass is 79.9. The van der Waals surface area contributed by atoms with Crippen LogP contribution in [-0.2, 0) is 4.79 Å². The lowest BCUT2D eigenvalue weighted by Crippen LogP contribution is -2.08. The molecule has 2 rings (SSSR count). The van der Waals surface area contributed by atoms with Gasteiger partial charge < -0.3 is 5.32 Å². The van der Waals surface area contributed by atoms with Gasteiger partial charge in [0.05, 0.1) is 5.69 Å². The number of rotatable bonds is 3. The molecule has 0 aliphatic heterocycles. The van der Waals surface area contributed by atoms with Crippen molar-refractivity contribution in [1.82, 2.24) is 0 Å². The van der Waals surface area contributed by atoms with Crippen LogP contribution in [0.5, 0.6) is 0 Å². The highest BCUT2D eigenvalue weighted by molar-refractivity contribution is 9.10. The average molecular weight is 351 g/mol. The molecule has 0 unspecified atom stereocenters. The Balaban J connectivity index is 2.08. The SMILES string of the molecule is Cc1ccc(NC(=O)C=Cc2ccccc2Cl)c(Br)c1. The lowest BCUT2D eigenvalue weighted by Gasteiger charge is -2.05. The van der Waals surface area contributed by atoms with Gasteiger partial charge in [-0.05, 0) is 58.3 Å². The predicted molar refractivity (Wildman–Crippen MR) is 88.0 cm³/mol.